The summed E-state index contributed by atoms with van der Waals surface area (Å²) in [6, 6.07) is 11.6. The van der Waals surface area contributed by atoms with Crippen LogP contribution < -0.4 is 4.90 Å². The van der Waals surface area contributed by atoms with Crippen molar-refractivity contribution in [3.05, 3.63) is 48.8 Å². The predicted molar refractivity (Wildman–Crippen MR) is 103 cm³/mol. The Morgan fingerprint density at radius 1 is 1.04 bits per heavy atom. The number of nitrogens with one attached hydrogen (secondary N) is 1. The molecule has 1 aromatic carbocycles. The number of amides is 1. The lowest BCUT2D eigenvalue weighted by molar-refractivity contribution is -0.128. The van der Waals surface area contributed by atoms with Gasteiger partial charge in [-0.1, -0.05) is 42.1 Å². The van der Waals surface area contributed by atoms with Gasteiger partial charge in [-0.3, -0.25) is 9.89 Å². The second-order valence-electron chi connectivity index (χ2n) is 6.04. The Morgan fingerprint density at radius 2 is 1.78 bits per heavy atom. The lowest BCUT2D eigenvalue weighted by atomic mass is 10.2. The Balaban J connectivity index is 1.27. The van der Waals surface area contributed by atoms with Crippen LogP contribution in [0.3, 0.4) is 0 Å². The molecule has 138 valence electrons. The summed E-state index contributed by atoms with van der Waals surface area (Å²) in [6.45, 7) is 2.81. The summed E-state index contributed by atoms with van der Waals surface area (Å²) in [5.41, 5.74) is 0.974. The van der Waals surface area contributed by atoms with E-state index in [0.29, 0.717) is 35.8 Å². The molecule has 27 heavy (non-hydrogen) atoms. The molecule has 1 amide bonds. The molecule has 3 heterocycles. The van der Waals surface area contributed by atoms with Crippen molar-refractivity contribution in [3.63, 3.8) is 0 Å². The van der Waals surface area contributed by atoms with Gasteiger partial charge in [-0.05, 0) is 6.07 Å². The van der Waals surface area contributed by atoms with Crippen LogP contribution in [0.25, 0.3) is 11.4 Å². The maximum absolute atomic E-state index is 12.5. The van der Waals surface area contributed by atoms with Gasteiger partial charge in [-0.25, -0.2) is 15.0 Å². The van der Waals surface area contributed by atoms with Gasteiger partial charge in [0, 0.05) is 44.1 Å². The van der Waals surface area contributed by atoms with E-state index >= 15 is 0 Å². The minimum absolute atomic E-state index is 0.0969. The Kier molecular flexibility index (Phi) is 5.29. The van der Waals surface area contributed by atoms with Gasteiger partial charge in [-0.15, -0.1) is 5.10 Å². The number of nitrogens with zero attached hydrogens (tertiary/aromatic N) is 6. The number of anilines is 1. The first kappa shape index (κ1) is 17.5. The smallest absolute Gasteiger partial charge is 0.233 e. The number of hydrogen-bond donors (Lipinski definition) is 1. The lowest BCUT2D eigenvalue weighted by Crippen LogP contribution is -2.49. The van der Waals surface area contributed by atoms with E-state index in [2.05, 4.69) is 30.0 Å². The summed E-state index contributed by atoms with van der Waals surface area (Å²) in [5, 5.41) is 7.70. The number of carbonyl (C=O) groups is 1. The average molecular weight is 381 g/mol. The topological polar surface area (TPSA) is 90.9 Å². The molecule has 3 aromatic rings. The van der Waals surface area contributed by atoms with E-state index in [9.17, 15) is 4.79 Å². The monoisotopic (exact) mass is 381 g/mol. The summed E-state index contributed by atoms with van der Waals surface area (Å²) in [6.07, 6.45) is 3.47. The highest BCUT2D eigenvalue weighted by Crippen LogP contribution is 2.19. The number of hydrogen-bond acceptors (Lipinski definition) is 7. The first-order valence-electron chi connectivity index (χ1n) is 8.70. The Morgan fingerprint density at radius 3 is 2.52 bits per heavy atom. The summed E-state index contributed by atoms with van der Waals surface area (Å²) in [7, 11) is 0. The van der Waals surface area contributed by atoms with Crippen molar-refractivity contribution in [2.45, 2.75) is 5.16 Å². The Bertz CT molecular complexity index is 879. The quantitative estimate of drug-likeness (QED) is 0.673. The van der Waals surface area contributed by atoms with E-state index in [0.717, 1.165) is 18.7 Å². The Labute approximate surface area is 161 Å². The van der Waals surface area contributed by atoms with Gasteiger partial charge in [0.1, 0.15) is 0 Å². The van der Waals surface area contributed by atoms with E-state index in [1.807, 2.05) is 35.2 Å². The minimum Gasteiger partial charge on any atom is -0.338 e. The maximum Gasteiger partial charge on any atom is 0.233 e. The molecule has 1 saturated heterocycles. The number of thioether (sulfide) groups is 1. The number of piperazine rings is 1. The standard InChI is InChI=1S/C18H19N7OS/c26-15(24-9-11-25(12-10-24)17-19-7-4-8-20-17)13-27-18-21-16(22-23-18)14-5-2-1-3-6-14/h1-8H,9-13H2,(H,21,22,23). The minimum atomic E-state index is 0.0969. The number of carbonyl (C=O) groups excluding carboxylic acids is 1. The van der Waals surface area contributed by atoms with Gasteiger partial charge in [0.2, 0.25) is 17.0 Å². The van der Waals surface area contributed by atoms with Crippen molar-refractivity contribution in [1.29, 1.82) is 0 Å². The first-order valence-corrected chi connectivity index (χ1v) is 9.68. The van der Waals surface area contributed by atoms with Crippen LogP contribution in [-0.2, 0) is 4.79 Å². The molecule has 0 bridgehead atoms. The largest absolute Gasteiger partial charge is 0.338 e. The van der Waals surface area contributed by atoms with Crippen LogP contribution in [-0.4, -0.2) is 67.9 Å². The van der Waals surface area contributed by atoms with Gasteiger partial charge in [0.15, 0.2) is 5.82 Å². The van der Waals surface area contributed by atoms with E-state index < -0.39 is 0 Å². The van der Waals surface area contributed by atoms with E-state index in [1.54, 1.807) is 18.5 Å². The zero-order valence-electron chi connectivity index (χ0n) is 14.7. The fourth-order valence-corrected chi connectivity index (χ4v) is 3.57. The molecular weight excluding hydrogens is 362 g/mol. The fraction of sp³-hybridized carbons (Fsp3) is 0.278. The molecule has 2 aromatic heterocycles. The molecule has 0 aliphatic carbocycles. The molecule has 0 atom stereocenters. The van der Waals surface area contributed by atoms with Crippen molar-refractivity contribution in [1.82, 2.24) is 30.0 Å². The van der Waals surface area contributed by atoms with E-state index in [4.69, 9.17) is 0 Å². The van der Waals surface area contributed by atoms with Crippen molar-refractivity contribution in [3.8, 4) is 11.4 Å². The summed E-state index contributed by atoms with van der Waals surface area (Å²) in [4.78, 5) is 29.4. The Hall–Kier alpha value is -2.94. The normalized spacial score (nSPS) is 14.4. The maximum atomic E-state index is 12.5. The molecule has 4 rings (SSSR count). The third kappa shape index (κ3) is 4.25. The molecule has 1 fully saturated rings. The van der Waals surface area contributed by atoms with Gasteiger partial charge in [0.05, 0.1) is 5.75 Å². The summed E-state index contributed by atoms with van der Waals surface area (Å²) < 4.78 is 0. The number of H-pyrrole nitrogens is 1. The highest BCUT2D eigenvalue weighted by Gasteiger charge is 2.22. The summed E-state index contributed by atoms with van der Waals surface area (Å²) >= 11 is 1.35. The van der Waals surface area contributed by atoms with Gasteiger partial charge >= 0.3 is 0 Å². The number of aromatic nitrogens is 5. The molecule has 9 heteroatoms. The van der Waals surface area contributed by atoms with Crippen LogP contribution in [0, 0.1) is 0 Å². The molecule has 0 spiro atoms. The number of benzene rings is 1. The average Bonchev–Trinajstić information content (AvgIpc) is 3.22. The van der Waals surface area contributed by atoms with E-state index in [-0.39, 0.29) is 5.91 Å². The third-order valence-electron chi connectivity index (χ3n) is 4.30. The molecule has 0 unspecified atom stereocenters. The second-order valence-corrected chi connectivity index (χ2v) is 6.98. The zero-order valence-corrected chi connectivity index (χ0v) is 15.5. The van der Waals surface area contributed by atoms with Crippen LogP contribution in [0.4, 0.5) is 5.95 Å². The highest BCUT2D eigenvalue weighted by molar-refractivity contribution is 7.99. The van der Waals surface area contributed by atoms with Crippen molar-refractivity contribution >= 4 is 23.6 Å². The van der Waals surface area contributed by atoms with Crippen molar-refractivity contribution < 1.29 is 4.79 Å². The predicted octanol–water partition coefficient (Wildman–Crippen LogP) is 1.70. The number of aromatic amines is 1. The fourth-order valence-electron chi connectivity index (χ4n) is 2.86. The number of rotatable bonds is 5. The first-order chi connectivity index (χ1) is 13.3. The molecule has 0 saturated carbocycles. The molecule has 1 N–H and O–H groups in total. The molecular formula is C18H19N7OS. The van der Waals surface area contributed by atoms with Crippen LogP contribution in [0.2, 0.25) is 0 Å². The third-order valence-corrected chi connectivity index (χ3v) is 5.14. The van der Waals surface area contributed by atoms with Crippen molar-refractivity contribution in [2.24, 2.45) is 0 Å². The molecule has 0 radical (unpaired) electrons. The molecule has 1 aliphatic rings. The van der Waals surface area contributed by atoms with E-state index in [1.165, 1.54) is 11.8 Å². The SMILES string of the molecule is O=C(CSc1n[nH]c(-c2ccccc2)n1)N1CCN(c2ncccn2)CC1. The van der Waals surface area contributed by atoms with Gasteiger partial charge < -0.3 is 9.80 Å². The van der Waals surface area contributed by atoms with Crippen LogP contribution in [0.15, 0.2) is 53.9 Å². The van der Waals surface area contributed by atoms with Crippen molar-refractivity contribution in [2.75, 3.05) is 36.8 Å². The second kappa shape index (κ2) is 8.17. The lowest BCUT2D eigenvalue weighted by Gasteiger charge is -2.34. The highest BCUT2D eigenvalue weighted by atomic mass is 32.2. The van der Waals surface area contributed by atoms with Crippen LogP contribution in [0.5, 0.6) is 0 Å². The molecule has 1 aliphatic heterocycles. The van der Waals surface area contributed by atoms with Crippen LogP contribution >= 0.6 is 11.8 Å². The zero-order chi connectivity index (χ0) is 18.5. The summed E-state index contributed by atoms with van der Waals surface area (Å²) in [5.74, 6) is 1.85. The molecule has 8 nitrogen and oxygen atoms in total. The van der Waals surface area contributed by atoms with Crippen LogP contribution in [0.1, 0.15) is 0 Å². The van der Waals surface area contributed by atoms with Gasteiger partial charge in [0.25, 0.3) is 0 Å². The van der Waals surface area contributed by atoms with Gasteiger partial charge in [-0.2, -0.15) is 0 Å².